The second kappa shape index (κ2) is 8.95. The van der Waals surface area contributed by atoms with Crippen LogP contribution in [0.3, 0.4) is 0 Å². The number of benzene rings is 1. The van der Waals surface area contributed by atoms with Crippen molar-refractivity contribution in [2.45, 2.75) is 64.6 Å². The van der Waals surface area contributed by atoms with Gasteiger partial charge in [-0.2, -0.15) is 5.10 Å². The van der Waals surface area contributed by atoms with E-state index in [1.165, 1.54) is 23.2 Å². The number of likely N-dealkylation sites (tertiary alicyclic amines) is 1. The zero-order valence-corrected chi connectivity index (χ0v) is 17.5. The summed E-state index contributed by atoms with van der Waals surface area (Å²) in [5.41, 5.74) is 5.70. The average molecular weight is 393 g/mol. The SMILES string of the molecule is C=CCn1nc(C(=O)N2CCCCC2)c2c1CCC(NCc1ccccc1C)C2. The van der Waals surface area contributed by atoms with Crippen LogP contribution in [-0.4, -0.2) is 39.7 Å². The van der Waals surface area contributed by atoms with E-state index >= 15 is 0 Å². The molecule has 4 rings (SSSR count). The van der Waals surface area contributed by atoms with Crippen molar-refractivity contribution in [2.75, 3.05) is 13.1 Å². The largest absolute Gasteiger partial charge is 0.337 e. The number of nitrogens with zero attached hydrogens (tertiary/aromatic N) is 3. The molecule has 1 unspecified atom stereocenters. The Morgan fingerprint density at radius 3 is 2.83 bits per heavy atom. The Hall–Kier alpha value is -2.40. The summed E-state index contributed by atoms with van der Waals surface area (Å²) in [6.45, 7) is 9.27. The molecule has 0 radical (unpaired) electrons. The molecule has 1 fully saturated rings. The highest BCUT2D eigenvalue weighted by atomic mass is 16.2. The Morgan fingerprint density at radius 1 is 1.28 bits per heavy atom. The molecule has 5 nitrogen and oxygen atoms in total. The molecule has 2 heterocycles. The second-order valence-corrected chi connectivity index (χ2v) is 8.34. The highest BCUT2D eigenvalue weighted by molar-refractivity contribution is 5.94. The second-order valence-electron chi connectivity index (χ2n) is 8.34. The molecular weight excluding hydrogens is 360 g/mol. The van der Waals surface area contributed by atoms with E-state index in [4.69, 9.17) is 5.10 Å². The minimum absolute atomic E-state index is 0.114. The normalized spacial score (nSPS) is 19.1. The molecule has 154 valence electrons. The molecule has 0 spiro atoms. The van der Waals surface area contributed by atoms with Crippen LogP contribution < -0.4 is 5.32 Å². The summed E-state index contributed by atoms with van der Waals surface area (Å²) in [5.74, 6) is 0.114. The molecule has 1 aliphatic carbocycles. The molecule has 1 aromatic heterocycles. The van der Waals surface area contributed by atoms with Crippen molar-refractivity contribution in [2.24, 2.45) is 0 Å². The lowest BCUT2D eigenvalue weighted by atomic mass is 9.90. The number of allylic oxidation sites excluding steroid dienone is 1. The summed E-state index contributed by atoms with van der Waals surface area (Å²) in [7, 11) is 0. The molecule has 1 aromatic carbocycles. The van der Waals surface area contributed by atoms with Crippen LogP contribution in [0.5, 0.6) is 0 Å². The number of nitrogens with one attached hydrogen (secondary N) is 1. The predicted molar refractivity (Wildman–Crippen MR) is 116 cm³/mol. The minimum Gasteiger partial charge on any atom is -0.337 e. The Morgan fingerprint density at radius 2 is 2.07 bits per heavy atom. The lowest BCUT2D eigenvalue weighted by Gasteiger charge is -2.28. The number of carbonyl (C=O) groups excluding carboxylic acids is 1. The number of amides is 1. The third-order valence-corrected chi connectivity index (χ3v) is 6.34. The van der Waals surface area contributed by atoms with Gasteiger partial charge in [0.05, 0.1) is 6.54 Å². The molecule has 2 aliphatic rings. The number of piperidine rings is 1. The Bertz CT molecular complexity index is 879. The number of hydrogen-bond acceptors (Lipinski definition) is 3. The number of rotatable bonds is 6. The van der Waals surface area contributed by atoms with Crippen LogP contribution in [-0.2, 0) is 25.9 Å². The van der Waals surface area contributed by atoms with E-state index in [1.807, 2.05) is 15.7 Å². The van der Waals surface area contributed by atoms with Crippen LogP contribution in [0, 0.1) is 6.92 Å². The fourth-order valence-corrected chi connectivity index (χ4v) is 4.62. The van der Waals surface area contributed by atoms with Gasteiger partial charge < -0.3 is 10.2 Å². The molecule has 1 aliphatic heterocycles. The summed E-state index contributed by atoms with van der Waals surface area (Å²) < 4.78 is 2.00. The molecule has 29 heavy (non-hydrogen) atoms. The zero-order valence-electron chi connectivity index (χ0n) is 17.5. The predicted octanol–water partition coefficient (Wildman–Crippen LogP) is 3.65. The maximum Gasteiger partial charge on any atom is 0.274 e. The van der Waals surface area contributed by atoms with Crippen molar-refractivity contribution in [1.82, 2.24) is 20.0 Å². The lowest BCUT2D eigenvalue weighted by Crippen LogP contribution is -2.38. The van der Waals surface area contributed by atoms with Gasteiger partial charge in [0.1, 0.15) is 0 Å². The van der Waals surface area contributed by atoms with E-state index in [9.17, 15) is 4.79 Å². The van der Waals surface area contributed by atoms with E-state index in [0.717, 1.165) is 57.3 Å². The topological polar surface area (TPSA) is 50.2 Å². The summed E-state index contributed by atoms with van der Waals surface area (Å²) in [6, 6.07) is 8.89. The third-order valence-electron chi connectivity index (χ3n) is 6.34. The third kappa shape index (κ3) is 4.30. The number of aromatic nitrogens is 2. The van der Waals surface area contributed by atoms with Gasteiger partial charge >= 0.3 is 0 Å². The van der Waals surface area contributed by atoms with Crippen molar-refractivity contribution >= 4 is 5.91 Å². The first-order valence-corrected chi connectivity index (χ1v) is 10.9. The quantitative estimate of drug-likeness (QED) is 0.764. The molecular formula is C24H32N4O. The Labute approximate surface area is 173 Å². The molecule has 5 heteroatoms. The molecule has 1 amide bonds. The molecule has 1 N–H and O–H groups in total. The molecule has 2 aromatic rings. The summed E-state index contributed by atoms with van der Waals surface area (Å²) in [4.78, 5) is 15.2. The first-order chi connectivity index (χ1) is 14.2. The van der Waals surface area contributed by atoms with Crippen molar-refractivity contribution < 1.29 is 4.79 Å². The smallest absolute Gasteiger partial charge is 0.274 e. The number of fused-ring (bicyclic) bond motifs is 1. The van der Waals surface area contributed by atoms with E-state index < -0.39 is 0 Å². The highest BCUT2D eigenvalue weighted by Gasteiger charge is 2.31. The standard InChI is InChI=1S/C24H32N4O/c1-3-13-28-22-12-11-20(25-17-19-10-6-5-9-18(19)2)16-21(22)23(26-28)24(29)27-14-7-4-8-15-27/h3,5-6,9-10,20,25H,1,4,7-8,11-17H2,2H3. The van der Waals surface area contributed by atoms with E-state index in [1.54, 1.807) is 0 Å². The van der Waals surface area contributed by atoms with Crippen LogP contribution in [0.25, 0.3) is 0 Å². The zero-order chi connectivity index (χ0) is 20.2. The van der Waals surface area contributed by atoms with Crippen molar-refractivity contribution in [3.63, 3.8) is 0 Å². The molecule has 1 saturated heterocycles. The van der Waals surface area contributed by atoms with Gasteiger partial charge in [-0.15, -0.1) is 6.58 Å². The molecule has 0 saturated carbocycles. The monoisotopic (exact) mass is 392 g/mol. The van der Waals surface area contributed by atoms with Crippen LogP contribution in [0.1, 0.15) is 58.6 Å². The van der Waals surface area contributed by atoms with Crippen molar-refractivity contribution in [1.29, 1.82) is 0 Å². The van der Waals surface area contributed by atoms with Crippen molar-refractivity contribution in [3.8, 4) is 0 Å². The number of aryl methyl sites for hydroxylation is 1. The van der Waals surface area contributed by atoms with Gasteiger partial charge in [-0.3, -0.25) is 9.48 Å². The molecule has 0 bridgehead atoms. The van der Waals surface area contributed by atoms with Gasteiger partial charge in [0.15, 0.2) is 5.69 Å². The Balaban J connectivity index is 1.53. The minimum atomic E-state index is 0.114. The first-order valence-electron chi connectivity index (χ1n) is 10.9. The maximum atomic E-state index is 13.2. The fraction of sp³-hybridized carbons (Fsp3) is 0.500. The van der Waals surface area contributed by atoms with Crippen LogP contribution in [0.2, 0.25) is 0 Å². The summed E-state index contributed by atoms with van der Waals surface area (Å²) >= 11 is 0. The van der Waals surface area contributed by atoms with Gasteiger partial charge in [0.25, 0.3) is 5.91 Å². The van der Waals surface area contributed by atoms with Gasteiger partial charge in [-0.05, 0) is 56.6 Å². The van der Waals surface area contributed by atoms with E-state index in [0.29, 0.717) is 18.3 Å². The number of hydrogen-bond donors (Lipinski definition) is 1. The van der Waals surface area contributed by atoms with Gasteiger partial charge in [-0.1, -0.05) is 30.3 Å². The Kier molecular flexibility index (Phi) is 6.14. The van der Waals surface area contributed by atoms with Crippen molar-refractivity contribution in [3.05, 3.63) is 65.0 Å². The lowest BCUT2D eigenvalue weighted by molar-refractivity contribution is 0.0716. The van der Waals surface area contributed by atoms with Crippen LogP contribution >= 0.6 is 0 Å². The number of carbonyl (C=O) groups is 1. The van der Waals surface area contributed by atoms with Gasteiger partial charge in [0, 0.05) is 36.9 Å². The van der Waals surface area contributed by atoms with E-state index in [2.05, 4.69) is 43.1 Å². The average Bonchev–Trinajstić information content (AvgIpc) is 3.11. The molecule has 1 atom stereocenters. The summed E-state index contributed by atoms with van der Waals surface area (Å²) in [5, 5.41) is 8.47. The van der Waals surface area contributed by atoms with Crippen LogP contribution in [0.4, 0.5) is 0 Å². The van der Waals surface area contributed by atoms with Gasteiger partial charge in [0.2, 0.25) is 0 Å². The first kappa shape index (κ1) is 19.9. The summed E-state index contributed by atoms with van der Waals surface area (Å²) in [6.07, 6.45) is 8.17. The fourth-order valence-electron chi connectivity index (χ4n) is 4.62. The highest BCUT2D eigenvalue weighted by Crippen LogP contribution is 2.27. The van der Waals surface area contributed by atoms with Crippen LogP contribution in [0.15, 0.2) is 36.9 Å². The van der Waals surface area contributed by atoms with Gasteiger partial charge in [-0.25, -0.2) is 0 Å². The maximum absolute atomic E-state index is 13.2. The van der Waals surface area contributed by atoms with E-state index in [-0.39, 0.29) is 5.91 Å².